The number of carboxylic acids is 1. The first-order valence-corrected chi connectivity index (χ1v) is 5.01. The van der Waals surface area contributed by atoms with E-state index >= 15 is 0 Å². The van der Waals surface area contributed by atoms with Gasteiger partial charge in [0.25, 0.3) is 0 Å². The van der Waals surface area contributed by atoms with E-state index in [9.17, 15) is 9.59 Å². The van der Waals surface area contributed by atoms with Crippen LogP contribution in [0.25, 0.3) is 0 Å². The van der Waals surface area contributed by atoms with Crippen LogP contribution in [-0.2, 0) is 14.3 Å². The van der Waals surface area contributed by atoms with Gasteiger partial charge in [-0.05, 0) is 19.4 Å². The second-order valence-electron chi connectivity index (χ2n) is 3.39. The third-order valence-electron chi connectivity index (χ3n) is 2.15. The Bertz CT molecular complexity index is 226. The molecule has 86 valence electrons. The van der Waals surface area contributed by atoms with Crippen LogP contribution in [-0.4, -0.2) is 49.3 Å². The largest absolute Gasteiger partial charge is 0.480 e. The van der Waals surface area contributed by atoms with E-state index in [4.69, 9.17) is 9.84 Å². The first kappa shape index (κ1) is 11.9. The van der Waals surface area contributed by atoms with Crippen molar-refractivity contribution in [1.29, 1.82) is 0 Å². The summed E-state index contributed by atoms with van der Waals surface area (Å²) in [6.45, 7) is 1.14. The van der Waals surface area contributed by atoms with Crippen molar-refractivity contribution in [3.63, 3.8) is 0 Å². The van der Waals surface area contributed by atoms with Gasteiger partial charge in [0, 0.05) is 6.54 Å². The average molecular weight is 216 g/mol. The van der Waals surface area contributed by atoms with Crippen molar-refractivity contribution in [3.8, 4) is 0 Å². The maximum Gasteiger partial charge on any atom is 0.329 e. The van der Waals surface area contributed by atoms with Crippen LogP contribution in [0.3, 0.4) is 0 Å². The van der Waals surface area contributed by atoms with Gasteiger partial charge in [-0.1, -0.05) is 0 Å². The summed E-state index contributed by atoms with van der Waals surface area (Å²) in [5.74, 6) is -1.04. The van der Waals surface area contributed by atoms with Gasteiger partial charge >= 0.3 is 5.97 Å². The van der Waals surface area contributed by atoms with Crippen LogP contribution in [0, 0.1) is 0 Å². The summed E-state index contributed by atoms with van der Waals surface area (Å²) in [5.41, 5.74) is 0. The Hall–Kier alpha value is -1.14. The maximum atomic E-state index is 11.4. The SMILES string of the molecule is O=C(O)COCCNC(=O)C1CCCN1. The number of ether oxygens (including phenoxy) is 1. The highest BCUT2D eigenvalue weighted by Crippen LogP contribution is 2.03. The molecule has 0 radical (unpaired) electrons. The molecule has 6 nitrogen and oxygen atoms in total. The van der Waals surface area contributed by atoms with Crippen molar-refractivity contribution in [1.82, 2.24) is 10.6 Å². The van der Waals surface area contributed by atoms with Gasteiger partial charge in [-0.3, -0.25) is 4.79 Å². The van der Waals surface area contributed by atoms with E-state index in [-0.39, 0.29) is 25.2 Å². The Labute approximate surface area is 88.0 Å². The number of rotatable bonds is 6. The Morgan fingerprint density at radius 3 is 2.93 bits per heavy atom. The molecular formula is C9H16N2O4. The molecule has 0 saturated carbocycles. The maximum absolute atomic E-state index is 11.4. The molecule has 6 heteroatoms. The predicted molar refractivity (Wildman–Crippen MR) is 52.5 cm³/mol. The predicted octanol–water partition coefficient (Wildman–Crippen LogP) is -1.04. The molecule has 1 aliphatic heterocycles. The molecule has 0 aromatic rings. The Balaban J connectivity index is 1.99. The number of carboxylic acid groups (broad SMARTS) is 1. The number of nitrogens with one attached hydrogen (secondary N) is 2. The van der Waals surface area contributed by atoms with Crippen molar-refractivity contribution < 1.29 is 19.4 Å². The lowest BCUT2D eigenvalue weighted by atomic mass is 10.2. The average Bonchev–Trinajstić information content (AvgIpc) is 2.69. The van der Waals surface area contributed by atoms with E-state index in [0.29, 0.717) is 6.54 Å². The smallest absolute Gasteiger partial charge is 0.329 e. The second-order valence-corrected chi connectivity index (χ2v) is 3.39. The Morgan fingerprint density at radius 2 is 2.33 bits per heavy atom. The zero-order valence-electron chi connectivity index (χ0n) is 8.49. The molecule has 1 rings (SSSR count). The van der Waals surface area contributed by atoms with E-state index in [1.807, 2.05) is 0 Å². The highest BCUT2D eigenvalue weighted by Gasteiger charge is 2.20. The molecule has 0 bridgehead atoms. The molecule has 1 amide bonds. The number of carbonyl (C=O) groups is 2. The van der Waals surface area contributed by atoms with Gasteiger partial charge in [-0.15, -0.1) is 0 Å². The highest BCUT2D eigenvalue weighted by atomic mass is 16.5. The van der Waals surface area contributed by atoms with Crippen LogP contribution >= 0.6 is 0 Å². The second kappa shape index (κ2) is 6.36. The summed E-state index contributed by atoms with van der Waals surface area (Å²) in [5, 5.41) is 14.0. The van der Waals surface area contributed by atoms with Gasteiger partial charge in [0.2, 0.25) is 5.91 Å². The van der Waals surface area contributed by atoms with Gasteiger partial charge in [0.15, 0.2) is 0 Å². The highest BCUT2D eigenvalue weighted by molar-refractivity contribution is 5.81. The van der Waals surface area contributed by atoms with Crippen molar-refractivity contribution in [3.05, 3.63) is 0 Å². The third kappa shape index (κ3) is 4.75. The van der Waals surface area contributed by atoms with Crippen LogP contribution in [0.15, 0.2) is 0 Å². The third-order valence-corrected chi connectivity index (χ3v) is 2.15. The number of aliphatic carboxylic acids is 1. The molecule has 1 aliphatic rings. The molecule has 1 heterocycles. The number of carbonyl (C=O) groups excluding carboxylic acids is 1. The van der Waals surface area contributed by atoms with Crippen molar-refractivity contribution in [2.24, 2.45) is 0 Å². The van der Waals surface area contributed by atoms with Crippen LogP contribution in [0.2, 0.25) is 0 Å². The number of amides is 1. The molecule has 1 saturated heterocycles. The zero-order valence-corrected chi connectivity index (χ0v) is 8.49. The standard InChI is InChI=1S/C9H16N2O4/c12-8(13)6-15-5-4-11-9(14)7-2-1-3-10-7/h7,10H,1-6H2,(H,11,14)(H,12,13). The quantitative estimate of drug-likeness (QED) is 0.493. The van der Waals surface area contributed by atoms with E-state index < -0.39 is 5.97 Å². The van der Waals surface area contributed by atoms with E-state index in [1.54, 1.807) is 0 Å². The number of hydrogen-bond donors (Lipinski definition) is 3. The van der Waals surface area contributed by atoms with E-state index in [1.165, 1.54) is 0 Å². The number of hydrogen-bond acceptors (Lipinski definition) is 4. The molecule has 1 fully saturated rings. The molecule has 1 unspecified atom stereocenters. The minimum Gasteiger partial charge on any atom is -0.480 e. The zero-order chi connectivity index (χ0) is 11.1. The van der Waals surface area contributed by atoms with Crippen molar-refractivity contribution in [2.45, 2.75) is 18.9 Å². The van der Waals surface area contributed by atoms with Crippen LogP contribution < -0.4 is 10.6 Å². The molecule has 0 aliphatic carbocycles. The first-order valence-electron chi connectivity index (χ1n) is 5.01. The lowest BCUT2D eigenvalue weighted by molar-refractivity contribution is -0.142. The Kier molecular flexibility index (Phi) is 5.06. The molecule has 0 spiro atoms. The fourth-order valence-corrected chi connectivity index (χ4v) is 1.44. The van der Waals surface area contributed by atoms with Gasteiger partial charge in [0.05, 0.1) is 12.6 Å². The van der Waals surface area contributed by atoms with Gasteiger partial charge < -0.3 is 20.5 Å². The van der Waals surface area contributed by atoms with Gasteiger partial charge in [-0.25, -0.2) is 4.79 Å². The lowest BCUT2D eigenvalue weighted by Gasteiger charge is -2.10. The normalized spacial score (nSPS) is 20.1. The van der Waals surface area contributed by atoms with Gasteiger partial charge in [0.1, 0.15) is 6.61 Å². The summed E-state index contributed by atoms with van der Waals surface area (Å²) < 4.78 is 4.77. The van der Waals surface area contributed by atoms with Crippen LogP contribution in [0.5, 0.6) is 0 Å². The molecule has 1 atom stereocenters. The van der Waals surface area contributed by atoms with E-state index in [2.05, 4.69) is 10.6 Å². The molecule has 15 heavy (non-hydrogen) atoms. The summed E-state index contributed by atoms with van der Waals surface area (Å²) in [6, 6.07) is -0.0931. The molecular weight excluding hydrogens is 200 g/mol. The van der Waals surface area contributed by atoms with Gasteiger partial charge in [-0.2, -0.15) is 0 Å². The lowest BCUT2D eigenvalue weighted by Crippen LogP contribution is -2.41. The molecule has 0 aromatic heterocycles. The topological polar surface area (TPSA) is 87.7 Å². The molecule has 0 aromatic carbocycles. The van der Waals surface area contributed by atoms with Crippen LogP contribution in [0.1, 0.15) is 12.8 Å². The minimum absolute atomic E-state index is 0.0357. The summed E-state index contributed by atoms with van der Waals surface area (Å²) >= 11 is 0. The summed E-state index contributed by atoms with van der Waals surface area (Å²) in [4.78, 5) is 21.5. The minimum atomic E-state index is -1.00. The van der Waals surface area contributed by atoms with Crippen molar-refractivity contribution in [2.75, 3.05) is 26.3 Å². The summed E-state index contributed by atoms with van der Waals surface area (Å²) in [6.07, 6.45) is 1.88. The van der Waals surface area contributed by atoms with E-state index in [0.717, 1.165) is 19.4 Å². The monoisotopic (exact) mass is 216 g/mol. The first-order chi connectivity index (χ1) is 7.20. The Morgan fingerprint density at radius 1 is 1.53 bits per heavy atom. The fraction of sp³-hybridized carbons (Fsp3) is 0.778. The van der Waals surface area contributed by atoms with Crippen LogP contribution in [0.4, 0.5) is 0 Å². The molecule has 3 N–H and O–H groups in total. The van der Waals surface area contributed by atoms with Crippen molar-refractivity contribution >= 4 is 11.9 Å². The fourth-order valence-electron chi connectivity index (χ4n) is 1.44. The summed E-state index contributed by atoms with van der Waals surface area (Å²) in [7, 11) is 0.